The van der Waals surface area contributed by atoms with Crippen molar-refractivity contribution < 1.29 is 13.2 Å². The van der Waals surface area contributed by atoms with E-state index in [2.05, 4.69) is 25.3 Å². The SMILES string of the molecule is NC1CCC(Nc2nc(-c3c[nH]c4ncc(Cl)cc34)ncc2C(F)(F)F)CC1. The van der Waals surface area contributed by atoms with E-state index in [9.17, 15) is 13.2 Å². The zero-order valence-corrected chi connectivity index (χ0v) is 15.5. The highest BCUT2D eigenvalue weighted by Crippen LogP contribution is 2.36. The number of aromatic amines is 1. The average Bonchev–Trinajstić information content (AvgIpc) is 3.05. The molecule has 0 aliphatic heterocycles. The maximum absolute atomic E-state index is 13.5. The van der Waals surface area contributed by atoms with E-state index in [4.69, 9.17) is 17.3 Å². The Kier molecular flexibility index (Phi) is 4.88. The molecular formula is C18H18ClF3N6. The number of H-pyrrole nitrogens is 1. The zero-order valence-electron chi connectivity index (χ0n) is 14.7. The van der Waals surface area contributed by atoms with Crippen molar-refractivity contribution in [3.8, 4) is 11.4 Å². The van der Waals surface area contributed by atoms with Crippen LogP contribution in [0, 0.1) is 0 Å². The monoisotopic (exact) mass is 410 g/mol. The van der Waals surface area contributed by atoms with Gasteiger partial charge in [0.15, 0.2) is 5.82 Å². The van der Waals surface area contributed by atoms with Gasteiger partial charge >= 0.3 is 6.18 Å². The van der Waals surface area contributed by atoms with Gasteiger partial charge in [0.1, 0.15) is 17.0 Å². The normalized spacial score (nSPS) is 20.5. The summed E-state index contributed by atoms with van der Waals surface area (Å²) >= 11 is 6.00. The molecule has 0 radical (unpaired) electrons. The van der Waals surface area contributed by atoms with Gasteiger partial charge in [-0.15, -0.1) is 0 Å². The number of pyridine rings is 1. The van der Waals surface area contributed by atoms with E-state index in [1.165, 1.54) is 6.20 Å². The van der Waals surface area contributed by atoms with E-state index >= 15 is 0 Å². The Hall–Kier alpha value is -2.39. The fourth-order valence-electron chi connectivity index (χ4n) is 3.45. The molecule has 0 unspecified atom stereocenters. The van der Waals surface area contributed by atoms with E-state index in [1.807, 2.05) is 0 Å². The van der Waals surface area contributed by atoms with Crippen LogP contribution in [-0.2, 0) is 6.18 Å². The van der Waals surface area contributed by atoms with E-state index in [-0.39, 0.29) is 23.7 Å². The Bertz CT molecular complexity index is 995. The van der Waals surface area contributed by atoms with Gasteiger partial charge in [-0.3, -0.25) is 0 Å². The average molecular weight is 411 g/mol. The minimum absolute atomic E-state index is 0.101. The van der Waals surface area contributed by atoms with Crippen LogP contribution in [0.1, 0.15) is 31.2 Å². The summed E-state index contributed by atoms with van der Waals surface area (Å²) in [5, 5.41) is 4.01. The molecule has 0 amide bonds. The molecule has 3 heterocycles. The largest absolute Gasteiger partial charge is 0.421 e. The molecule has 6 nitrogen and oxygen atoms in total. The Morgan fingerprint density at radius 2 is 1.89 bits per heavy atom. The molecule has 1 aliphatic rings. The molecule has 148 valence electrons. The van der Waals surface area contributed by atoms with Gasteiger partial charge in [0, 0.05) is 41.6 Å². The number of halogens is 4. The van der Waals surface area contributed by atoms with Crippen LogP contribution < -0.4 is 11.1 Å². The molecule has 3 aromatic rings. The fraction of sp³-hybridized carbons (Fsp3) is 0.389. The van der Waals surface area contributed by atoms with Gasteiger partial charge in [-0.25, -0.2) is 15.0 Å². The van der Waals surface area contributed by atoms with Gasteiger partial charge in [-0.2, -0.15) is 13.2 Å². The van der Waals surface area contributed by atoms with Crippen molar-refractivity contribution in [3.05, 3.63) is 35.2 Å². The van der Waals surface area contributed by atoms with Crippen molar-refractivity contribution in [2.45, 2.75) is 43.9 Å². The van der Waals surface area contributed by atoms with Crippen LogP contribution in [0.15, 0.2) is 24.7 Å². The molecule has 0 saturated heterocycles. The molecular weight excluding hydrogens is 393 g/mol. The Balaban J connectivity index is 1.74. The number of fused-ring (bicyclic) bond motifs is 1. The van der Waals surface area contributed by atoms with E-state index < -0.39 is 11.7 Å². The Morgan fingerprint density at radius 3 is 2.61 bits per heavy atom. The van der Waals surface area contributed by atoms with Crippen LogP contribution in [0.2, 0.25) is 5.02 Å². The summed E-state index contributed by atoms with van der Waals surface area (Å²) in [6.45, 7) is 0. The molecule has 0 aromatic carbocycles. The van der Waals surface area contributed by atoms with Crippen LogP contribution in [-0.4, -0.2) is 32.0 Å². The maximum atomic E-state index is 13.5. The van der Waals surface area contributed by atoms with Crippen molar-refractivity contribution in [2.24, 2.45) is 5.73 Å². The lowest BCUT2D eigenvalue weighted by molar-refractivity contribution is -0.137. The lowest BCUT2D eigenvalue weighted by Gasteiger charge is -2.28. The third kappa shape index (κ3) is 3.77. The van der Waals surface area contributed by atoms with E-state index in [0.29, 0.717) is 34.5 Å². The lowest BCUT2D eigenvalue weighted by Crippen LogP contribution is -2.33. The number of hydrogen-bond acceptors (Lipinski definition) is 5. The summed E-state index contributed by atoms with van der Waals surface area (Å²) in [7, 11) is 0. The van der Waals surface area contributed by atoms with Crippen LogP contribution in [0.3, 0.4) is 0 Å². The number of nitrogens with zero attached hydrogens (tertiary/aromatic N) is 3. The number of rotatable bonds is 3. The van der Waals surface area contributed by atoms with Crippen LogP contribution >= 0.6 is 11.6 Å². The topological polar surface area (TPSA) is 92.5 Å². The van der Waals surface area contributed by atoms with Crippen molar-refractivity contribution in [2.75, 3.05) is 5.32 Å². The quantitative estimate of drug-likeness (QED) is 0.596. The lowest BCUT2D eigenvalue weighted by atomic mass is 9.92. The Morgan fingerprint density at radius 1 is 1.14 bits per heavy atom. The first-order valence-electron chi connectivity index (χ1n) is 8.90. The molecule has 4 rings (SSSR count). The maximum Gasteiger partial charge on any atom is 0.421 e. The molecule has 1 saturated carbocycles. The number of alkyl halides is 3. The van der Waals surface area contributed by atoms with Crippen LogP contribution in [0.5, 0.6) is 0 Å². The minimum Gasteiger partial charge on any atom is -0.367 e. The smallest absolute Gasteiger partial charge is 0.367 e. The van der Waals surface area contributed by atoms with Gasteiger partial charge in [-0.05, 0) is 31.7 Å². The Labute approximate surface area is 163 Å². The van der Waals surface area contributed by atoms with Gasteiger partial charge < -0.3 is 16.0 Å². The highest BCUT2D eigenvalue weighted by atomic mass is 35.5. The molecule has 0 atom stereocenters. The van der Waals surface area contributed by atoms with Crippen molar-refractivity contribution in [1.82, 2.24) is 19.9 Å². The summed E-state index contributed by atoms with van der Waals surface area (Å²) in [5.41, 5.74) is 6.09. The fourth-order valence-corrected chi connectivity index (χ4v) is 3.61. The minimum atomic E-state index is -4.56. The number of nitrogens with one attached hydrogen (secondary N) is 2. The highest BCUT2D eigenvalue weighted by molar-refractivity contribution is 6.31. The van der Waals surface area contributed by atoms with Crippen LogP contribution in [0.4, 0.5) is 19.0 Å². The standard InChI is InChI=1S/C18H18ClF3N6/c19-9-5-12-13(7-25-15(12)24-6-9)16-26-8-14(18(20,21)22)17(28-16)27-11-3-1-10(23)2-4-11/h5-8,10-11H,1-4,23H2,(H,24,25)(H,26,27,28). The van der Waals surface area contributed by atoms with Gasteiger partial charge in [0.05, 0.1) is 5.02 Å². The van der Waals surface area contributed by atoms with Crippen molar-refractivity contribution in [1.29, 1.82) is 0 Å². The second-order valence-corrected chi connectivity index (χ2v) is 7.40. The zero-order chi connectivity index (χ0) is 19.9. The summed E-state index contributed by atoms with van der Waals surface area (Å²) in [6, 6.07) is 1.67. The first kappa shape index (κ1) is 18.9. The molecule has 10 heteroatoms. The third-order valence-corrected chi connectivity index (χ3v) is 5.15. The second kappa shape index (κ2) is 7.21. The van der Waals surface area contributed by atoms with E-state index in [1.54, 1.807) is 12.3 Å². The van der Waals surface area contributed by atoms with Gasteiger partial charge in [-0.1, -0.05) is 11.6 Å². The summed E-state index contributed by atoms with van der Waals surface area (Å²) in [5.74, 6) is -0.0550. The predicted molar refractivity (Wildman–Crippen MR) is 101 cm³/mol. The molecule has 1 fully saturated rings. The number of aromatic nitrogens is 4. The van der Waals surface area contributed by atoms with Crippen LogP contribution in [0.25, 0.3) is 22.4 Å². The first-order valence-corrected chi connectivity index (χ1v) is 9.28. The third-order valence-electron chi connectivity index (χ3n) is 4.95. The first-order chi connectivity index (χ1) is 13.3. The molecule has 1 aliphatic carbocycles. The molecule has 0 spiro atoms. The molecule has 4 N–H and O–H groups in total. The highest BCUT2D eigenvalue weighted by Gasteiger charge is 2.36. The number of anilines is 1. The molecule has 0 bridgehead atoms. The van der Waals surface area contributed by atoms with Gasteiger partial charge in [0.2, 0.25) is 0 Å². The molecule has 3 aromatic heterocycles. The predicted octanol–water partition coefficient (Wildman–Crippen LogP) is 4.37. The van der Waals surface area contributed by atoms with Gasteiger partial charge in [0.25, 0.3) is 0 Å². The second-order valence-electron chi connectivity index (χ2n) is 6.96. The number of hydrogen-bond donors (Lipinski definition) is 3. The summed E-state index contributed by atoms with van der Waals surface area (Å²) in [6.07, 6.45) is 2.29. The van der Waals surface area contributed by atoms with E-state index in [0.717, 1.165) is 19.0 Å². The van der Waals surface area contributed by atoms with Crippen molar-refractivity contribution >= 4 is 28.5 Å². The summed E-state index contributed by atoms with van der Waals surface area (Å²) < 4.78 is 40.4. The summed E-state index contributed by atoms with van der Waals surface area (Å²) in [4.78, 5) is 15.3. The molecule has 28 heavy (non-hydrogen) atoms. The van der Waals surface area contributed by atoms with Crippen molar-refractivity contribution in [3.63, 3.8) is 0 Å². The number of nitrogens with two attached hydrogens (primary N) is 1.